The Morgan fingerprint density at radius 3 is 2.27 bits per heavy atom. The van der Waals surface area contributed by atoms with Crippen molar-refractivity contribution in [3.05, 3.63) is 48.0 Å². The molecule has 0 bridgehead atoms. The molecule has 2 N–H and O–H groups in total. The van der Waals surface area contributed by atoms with Crippen molar-refractivity contribution in [2.24, 2.45) is 0 Å². The SMILES string of the molecule is CCCCCNc1ccc(NC(=O)Cc2ccc(OC)c(OC)c2)cc1. The van der Waals surface area contributed by atoms with E-state index in [4.69, 9.17) is 9.47 Å². The molecule has 26 heavy (non-hydrogen) atoms. The Morgan fingerprint density at radius 1 is 0.923 bits per heavy atom. The third-order valence-corrected chi connectivity index (χ3v) is 4.09. The van der Waals surface area contributed by atoms with Crippen LogP contribution in [-0.4, -0.2) is 26.7 Å². The van der Waals surface area contributed by atoms with Gasteiger partial charge in [0, 0.05) is 17.9 Å². The second-order valence-electron chi connectivity index (χ2n) is 6.13. The van der Waals surface area contributed by atoms with Crippen molar-refractivity contribution in [2.75, 3.05) is 31.4 Å². The zero-order valence-corrected chi connectivity index (χ0v) is 15.8. The number of ether oxygens (including phenoxy) is 2. The van der Waals surface area contributed by atoms with E-state index in [1.165, 1.54) is 19.3 Å². The maximum atomic E-state index is 12.3. The Labute approximate surface area is 155 Å². The first-order valence-electron chi connectivity index (χ1n) is 9.01. The minimum absolute atomic E-state index is 0.0686. The molecule has 0 atom stereocenters. The lowest BCUT2D eigenvalue weighted by atomic mass is 10.1. The quantitative estimate of drug-likeness (QED) is 0.616. The first kappa shape index (κ1) is 19.6. The number of rotatable bonds is 10. The summed E-state index contributed by atoms with van der Waals surface area (Å²) < 4.78 is 10.5. The van der Waals surface area contributed by atoms with Crippen LogP contribution in [-0.2, 0) is 11.2 Å². The highest BCUT2D eigenvalue weighted by atomic mass is 16.5. The number of carbonyl (C=O) groups excluding carboxylic acids is 1. The van der Waals surface area contributed by atoms with Crippen LogP contribution in [0.1, 0.15) is 31.7 Å². The molecule has 0 heterocycles. The zero-order chi connectivity index (χ0) is 18.8. The molecule has 0 unspecified atom stereocenters. The third-order valence-electron chi connectivity index (χ3n) is 4.09. The monoisotopic (exact) mass is 356 g/mol. The van der Waals surface area contributed by atoms with Gasteiger partial charge in [0.05, 0.1) is 20.6 Å². The predicted molar refractivity (Wildman–Crippen MR) is 106 cm³/mol. The number of methoxy groups -OCH3 is 2. The summed E-state index contributed by atoms with van der Waals surface area (Å²) in [6, 6.07) is 13.3. The van der Waals surface area contributed by atoms with Crippen molar-refractivity contribution in [3.63, 3.8) is 0 Å². The number of hydrogen-bond donors (Lipinski definition) is 2. The molecular formula is C21H28N2O3. The van der Waals surface area contributed by atoms with Gasteiger partial charge in [0.15, 0.2) is 11.5 Å². The number of unbranched alkanes of at least 4 members (excludes halogenated alkanes) is 2. The maximum absolute atomic E-state index is 12.3. The second kappa shape index (κ2) is 10.3. The van der Waals surface area contributed by atoms with Crippen LogP contribution in [0.15, 0.2) is 42.5 Å². The van der Waals surface area contributed by atoms with Gasteiger partial charge in [-0.3, -0.25) is 4.79 Å². The number of anilines is 2. The van der Waals surface area contributed by atoms with E-state index in [2.05, 4.69) is 17.6 Å². The summed E-state index contributed by atoms with van der Waals surface area (Å²) >= 11 is 0. The third kappa shape index (κ3) is 5.99. The van der Waals surface area contributed by atoms with Crippen molar-refractivity contribution in [2.45, 2.75) is 32.6 Å². The number of nitrogens with one attached hydrogen (secondary N) is 2. The van der Waals surface area contributed by atoms with Crippen molar-refractivity contribution in [1.82, 2.24) is 0 Å². The van der Waals surface area contributed by atoms with Crippen molar-refractivity contribution in [1.29, 1.82) is 0 Å². The van der Waals surface area contributed by atoms with Crippen LogP contribution in [0.25, 0.3) is 0 Å². The second-order valence-corrected chi connectivity index (χ2v) is 6.13. The molecule has 2 aromatic carbocycles. The highest BCUT2D eigenvalue weighted by Crippen LogP contribution is 2.27. The summed E-state index contributed by atoms with van der Waals surface area (Å²) in [5, 5.41) is 6.31. The smallest absolute Gasteiger partial charge is 0.228 e. The Balaban J connectivity index is 1.87. The van der Waals surface area contributed by atoms with Gasteiger partial charge < -0.3 is 20.1 Å². The summed E-state index contributed by atoms with van der Waals surface area (Å²) in [5.41, 5.74) is 2.72. The summed E-state index contributed by atoms with van der Waals surface area (Å²) in [5.74, 6) is 1.20. The van der Waals surface area contributed by atoms with Gasteiger partial charge >= 0.3 is 0 Å². The molecule has 140 valence electrons. The van der Waals surface area contributed by atoms with E-state index in [0.29, 0.717) is 11.5 Å². The lowest BCUT2D eigenvalue weighted by Gasteiger charge is -2.10. The fraction of sp³-hybridized carbons (Fsp3) is 0.381. The van der Waals surface area contributed by atoms with Gasteiger partial charge in [0.1, 0.15) is 0 Å². The molecule has 1 amide bonds. The molecular weight excluding hydrogens is 328 g/mol. The summed E-state index contributed by atoms with van der Waals surface area (Å²) in [7, 11) is 3.17. The van der Waals surface area contributed by atoms with Crippen molar-refractivity contribution in [3.8, 4) is 11.5 Å². The summed E-state index contributed by atoms with van der Waals surface area (Å²) in [6.45, 7) is 3.17. The number of benzene rings is 2. The minimum Gasteiger partial charge on any atom is -0.493 e. The number of carbonyl (C=O) groups is 1. The van der Waals surface area contributed by atoms with Crippen LogP contribution in [0.2, 0.25) is 0 Å². The Kier molecular flexibility index (Phi) is 7.80. The predicted octanol–water partition coefficient (Wildman–Crippen LogP) is 4.49. The summed E-state index contributed by atoms with van der Waals surface area (Å²) in [4.78, 5) is 12.3. The van der Waals surface area contributed by atoms with E-state index in [9.17, 15) is 4.79 Å². The maximum Gasteiger partial charge on any atom is 0.228 e. The molecule has 0 fully saturated rings. The first-order valence-corrected chi connectivity index (χ1v) is 9.01. The van der Waals surface area contributed by atoms with Crippen LogP contribution >= 0.6 is 0 Å². The molecule has 5 heteroatoms. The van der Waals surface area contributed by atoms with Crippen LogP contribution in [0, 0.1) is 0 Å². The normalized spacial score (nSPS) is 10.3. The molecule has 0 spiro atoms. The largest absolute Gasteiger partial charge is 0.493 e. The molecule has 0 saturated heterocycles. The van der Waals surface area contributed by atoms with E-state index in [1.807, 2.05) is 36.4 Å². The number of hydrogen-bond acceptors (Lipinski definition) is 4. The van der Waals surface area contributed by atoms with Gasteiger partial charge in [0.2, 0.25) is 5.91 Å². The highest BCUT2D eigenvalue weighted by molar-refractivity contribution is 5.92. The molecule has 0 radical (unpaired) electrons. The van der Waals surface area contributed by atoms with Crippen LogP contribution in [0.3, 0.4) is 0 Å². The van der Waals surface area contributed by atoms with Crippen LogP contribution in [0.5, 0.6) is 11.5 Å². The van der Waals surface area contributed by atoms with Crippen LogP contribution < -0.4 is 20.1 Å². The number of amides is 1. The van der Waals surface area contributed by atoms with E-state index in [1.54, 1.807) is 20.3 Å². The Morgan fingerprint density at radius 2 is 1.62 bits per heavy atom. The molecule has 5 nitrogen and oxygen atoms in total. The standard InChI is InChI=1S/C21H28N2O3/c1-4-5-6-13-22-17-8-10-18(11-9-17)23-21(24)15-16-7-12-19(25-2)20(14-16)26-3/h7-12,14,22H,4-6,13,15H2,1-3H3,(H,23,24). The Bertz CT molecular complexity index is 699. The Hall–Kier alpha value is -2.69. The lowest BCUT2D eigenvalue weighted by Crippen LogP contribution is -2.14. The van der Waals surface area contributed by atoms with E-state index in [0.717, 1.165) is 23.5 Å². The average Bonchev–Trinajstić information content (AvgIpc) is 2.66. The van der Waals surface area contributed by atoms with Crippen molar-refractivity contribution < 1.29 is 14.3 Å². The van der Waals surface area contributed by atoms with E-state index < -0.39 is 0 Å². The minimum atomic E-state index is -0.0686. The molecule has 0 aliphatic heterocycles. The van der Waals surface area contributed by atoms with Gasteiger partial charge in [-0.15, -0.1) is 0 Å². The van der Waals surface area contributed by atoms with Gasteiger partial charge in [-0.2, -0.15) is 0 Å². The highest BCUT2D eigenvalue weighted by Gasteiger charge is 2.08. The van der Waals surface area contributed by atoms with Gasteiger partial charge in [0.25, 0.3) is 0 Å². The van der Waals surface area contributed by atoms with Crippen LogP contribution in [0.4, 0.5) is 11.4 Å². The van der Waals surface area contributed by atoms with Gasteiger partial charge in [-0.1, -0.05) is 25.8 Å². The molecule has 0 aromatic heterocycles. The van der Waals surface area contributed by atoms with E-state index >= 15 is 0 Å². The lowest BCUT2D eigenvalue weighted by molar-refractivity contribution is -0.115. The zero-order valence-electron chi connectivity index (χ0n) is 15.8. The molecule has 2 rings (SSSR count). The van der Waals surface area contributed by atoms with Crippen molar-refractivity contribution >= 4 is 17.3 Å². The average molecular weight is 356 g/mol. The fourth-order valence-corrected chi connectivity index (χ4v) is 2.66. The van der Waals surface area contributed by atoms with Gasteiger partial charge in [-0.25, -0.2) is 0 Å². The topological polar surface area (TPSA) is 59.6 Å². The molecule has 2 aromatic rings. The molecule has 0 saturated carbocycles. The first-order chi connectivity index (χ1) is 12.7. The van der Waals surface area contributed by atoms with Gasteiger partial charge in [-0.05, 0) is 48.4 Å². The molecule has 0 aliphatic carbocycles. The molecule has 0 aliphatic rings. The van der Waals surface area contributed by atoms with E-state index in [-0.39, 0.29) is 12.3 Å². The fourth-order valence-electron chi connectivity index (χ4n) is 2.66. The summed E-state index contributed by atoms with van der Waals surface area (Å²) in [6.07, 6.45) is 3.89.